The predicted octanol–water partition coefficient (Wildman–Crippen LogP) is 3.58. The molecule has 4 rings (SSSR count). The smallest absolute Gasteiger partial charge is 0.267 e. The minimum atomic E-state index is -4.54. The van der Waals surface area contributed by atoms with Crippen LogP contribution in [-0.2, 0) is 21.1 Å². The second-order valence-electron chi connectivity index (χ2n) is 8.69. The van der Waals surface area contributed by atoms with Crippen LogP contribution in [0.1, 0.15) is 24.8 Å². The fraction of sp³-hybridized carbons (Fsp3) is 0.308. The van der Waals surface area contributed by atoms with E-state index in [9.17, 15) is 23.4 Å². The number of amides is 1. The van der Waals surface area contributed by atoms with Crippen molar-refractivity contribution in [2.24, 2.45) is 5.18 Å². The SMILES string of the molecule is N#CN(NCN=O)[C@@](Cc1ccccc1)(C(=O)N1CCCCC1)S(=O)(=O)c1ccc2ccccc2c1. The number of sulfone groups is 1. The molecule has 3 aromatic carbocycles. The molecular formula is C26H27N5O4S. The third kappa shape index (κ3) is 4.67. The zero-order valence-corrected chi connectivity index (χ0v) is 20.5. The molecule has 0 aromatic heterocycles. The number of nitrogens with one attached hydrogen (secondary N) is 1. The molecular weight excluding hydrogens is 478 g/mol. The van der Waals surface area contributed by atoms with E-state index in [2.05, 4.69) is 10.6 Å². The second kappa shape index (κ2) is 10.8. The molecule has 1 amide bonds. The lowest BCUT2D eigenvalue weighted by Crippen LogP contribution is -2.67. The number of rotatable bonds is 9. The van der Waals surface area contributed by atoms with E-state index in [0.717, 1.165) is 24.6 Å². The fourth-order valence-corrected chi connectivity index (χ4v) is 6.65. The minimum Gasteiger partial charge on any atom is -0.340 e. The summed E-state index contributed by atoms with van der Waals surface area (Å²) in [7, 11) is -4.54. The first kappa shape index (κ1) is 25.3. The van der Waals surface area contributed by atoms with E-state index in [-0.39, 0.29) is 11.3 Å². The molecule has 0 radical (unpaired) electrons. The molecule has 1 fully saturated rings. The third-order valence-corrected chi connectivity index (χ3v) is 8.76. The van der Waals surface area contributed by atoms with Crippen LogP contribution in [0.4, 0.5) is 0 Å². The first-order valence-corrected chi connectivity index (χ1v) is 13.2. The van der Waals surface area contributed by atoms with Gasteiger partial charge in [0.1, 0.15) is 6.67 Å². The van der Waals surface area contributed by atoms with E-state index in [0.29, 0.717) is 29.0 Å². The van der Waals surface area contributed by atoms with Gasteiger partial charge in [-0.3, -0.25) is 4.79 Å². The lowest BCUT2D eigenvalue weighted by Gasteiger charge is -2.42. The highest BCUT2D eigenvalue weighted by Gasteiger charge is 2.58. The van der Waals surface area contributed by atoms with Gasteiger partial charge in [-0.05, 0) is 47.7 Å². The van der Waals surface area contributed by atoms with E-state index in [1.54, 1.807) is 48.5 Å². The number of carbonyl (C=O) groups is 1. The lowest BCUT2D eigenvalue weighted by molar-refractivity contribution is -0.140. The lowest BCUT2D eigenvalue weighted by atomic mass is 10.0. The van der Waals surface area contributed by atoms with Crippen molar-refractivity contribution in [2.45, 2.75) is 35.4 Å². The van der Waals surface area contributed by atoms with E-state index >= 15 is 0 Å². The summed E-state index contributed by atoms with van der Waals surface area (Å²) in [5, 5.41) is 15.1. The van der Waals surface area contributed by atoms with Crippen LogP contribution < -0.4 is 5.43 Å². The van der Waals surface area contributed by atoms with Gasteiger partial charge in [-0.2, -0.15) is 10.7 Å². The zero-order chi connectivity index (χ0) is 25.6. The summed E-state index contributed by atoms with van der Waals surface area (Å²) in [6, 6.07) is 20.6. The highest BCUT2D eigenvalue weighted by molar-refractivity contribution is 7.93. The molecule has 0 aliphatic carbocycles. The van der Waals surface area contributed by atoms with Gasteiger partial charge in [0, 0.05) is 19.5 Å². The Morgan fingerprint density at radius 2 is 1.67 bits per heavy atom. The number of piperidine rings is 1. The number of carbonyl (C=O) groups excluding carboxylic acids is 1. The van der Waals surface area contributed by atoms with Gasteiger partial charge >= 0.3 is 0 Å². The Labute approximate surface area is 210 Å². The maximum absolute atomic E-state index is 14.6. The monoisotopic (exact) mass is 505 g/mol. The molecule has 1 aliphatic rings. The van der Waals surface area contributed by atoms with Gasteiger partial charge in [-0.25, -0.2) is 13.4 Å². The van der Waals surface area contributed by atoms with Crippen LogP contribution in [0, 0.1) is 16.4 Å². The van der Waals surface area contributed by atoms with Gasteiger partial charge in [0.25, 0.3) is 10.8 Å². The van der Waals surface area contributed by atoms with E-state index in [1.165, 1.54) is 17.0 Å². The molecule has 1 aliphatic heterocycles. The number of nitrogens with zero attached hydrogens (tertiary/aromatic N) is 4. The molecule has 1 heterocycles. The summed E-state index contributed by atoms with van der Waals surface area (Å²) >= 11 is 0. The van der Waals surface area contributed by atoms with E-state index < -0.39 is 27.3 Å². The van der Waals surface area contributed by atoms with Crippen LogP contribution in [0.2, 0.25) is 0 Å². The quantitative estimate of drug-likeness (QED) is 0.204. The maximum Gasteiger partial charge on any atom is 0.267 e. The normalized spacial score (nSPS) is 15.6. The van der Waals surface area contributed by atoms with Gasteiger partial charge < -0.3 is 4.90 Å². The van der Waals surface area contributed by atoms with Gasteiger partial charge in [0.2, 0.25) is 9.84 Å². The molecule has 9 nitrogen and oxygen atoms in total. The van der Waals surface area contributed by atoms with Crippen LogP contribution in [0.5, 0.6) is 0 Å². The Balaban J connectivity index is 1.97. The number of fused-ring (bicyclic) bond motifs is 1. The van der Waals surface area contributed by atoms with Crippen LogP contribution in [0.3, 0.4) is 0 Å². The van der Waals surface area contributed by atoms with Gasteiger partial charge in [-0.15, -0.1) is 4.91 Å². The first-order valence-electron chi connectivity index (χ1n) is 11.7. The summed E-state index contributed by atoms with van der Waals surface area (Å²) in [5.74, 6) is -0.709. The Morgan fingerprint density at radius 3 is 2.33 bits per heavy atom. The molecule has 10 heteroatoms. The Bertz CT molecular complexity index is 1380. The first-order chi connectivity index (χ1) is 17.4. The zero-order valence-electron chi connectivity index (χ0n) is 19.7. The van der Waals surface area contributed by atoms with Gasteiger partial charge in [0.05, 0.1) is 4.90 Å². The third-order valence-electron chi connectivity index (χ3n) is 6.49. The highest BCUT2D eigenvalue weighted by atomic mass is 32.2. The summed E-state index contributed by atoms with van der Waals surface area (Å²) in [4.78, 5) is 24.3. The Kier molecular flexibility index (Phi) is 7.62. The van der Waals surface area contributed by atoms with Crippen molar-refractivity contribution in [3.8, 4) is 6.19 Å². The number of likely N-dealkylation sites (tertiary alicyclic amines) is 1. The summed E-state index contributed by atoms with van der Waals surface area (Å²) in [6.07, 6.45) is 3.92. The molecule has 0 spiro atoms. The molecule has 1 saturated heterocycles. The largest absolute Gasteiger partial charge is 0.340 e. The molecule has 1 atom stereocenters. The second-order valence-corrected chi connectivity index (χ2v) is 10.8. The van der Waals surface area contributed by atoms with Crippen LogP contribution in [0.15, 0.2) is 82.9 Å². The number of nitriles is 1. The van der Waals surface area contributed by atoms with Crippen molar-refractivity contribution in [3.63, 3.8) is 0 Å². The summed E-state index contributed by atoms with van der Waals surface area (Å²) in [5.41, 5.74) is 3.03. The number of hydrazine groups is 1. The van der Waals surface area contributed by atoms with Crippen LogP contribution in [0.25, 0.3) is 10.8 Å². The minimum absolute atomic E-state index is 0.0939. The number of hydrogen-bond donors (Lipinski definition) is 1. The standard InChI is InChI=1S/C26H27N5O4S/c27-19-31(28-20-29-33)26(18-21-9-3-1-4-10-21,25(32)30-15-7-2-8-16-30)36(34,35)24-14-13-22-11-5-6-12-23(22)17-24/h1,3-6,9-14,17,28H,2,7-8,15-16,18,20H2/t26-/m1/s1. The average molecular weight is 506 g/mol. The summed E-state index contributed by atoms with van der Waals surface area (Å²) in [6.45, 7) is 0.187. The van der Waals surface area contributed by atoms with Crippen LogP contribution >= 0.6 is 0 Å². The fourth-order valence-electron chi connectivity index (χ4n) is 4.67. The van der Waals surface area contributed by atoms with Gasteiger partial charge in [-0.1, -0.05) is 65.8 Å². The van der Waals surface area contributed by atoms with Crippen molar-refractivity contribution in [1.29, 1.82) is 5.26 Å². The van der Waals surface area contributed by atoms with Crippen molar-refractivity contribution < 1.29 is 13.2 Å². The summed E-state index contributed by atoms with van der Waals surface area (Å²) < 4.78 is 29.1. The van der Waals surface area contributed by atoms with Gasteiger partial charge in [0.15, 0.2) is 6.19 Å². The van der Waals surface area contributed by atoms with E-state index in [1.807, 2.05) is 18.3 Å². The molecule has 0 saturated carbocycles. The highest BCUT2D eigenvalue weighted by Crippen LogP contribution is 2.36. The van der Waals surface area contributed by atoms with Crippen molar-refractivity contribution >= 4 is 26.5 Å². The van der Waals surface area contributed by atoms with E-state index in [4.69, 9.17) is 0 Å². The molecule has 36 heavy (non-hydrogen) atoms. The maximum atomic E-state index is 14.6. The predicted molar refractivity (Wildman–Crippen MR) is 136 cm³/mol. The van der Waals surface area contributed by atoms with Crippen molar-refractivity contribution in [2.75, 3.05) is 19.8 Å². The number of nitroso groups, excluding NO2 is 1. The Morgan fingerprint density at radius 1 is 1.00 bits per heavy atom. The topological polar surface area (TPSA) is 123 Å². The average Bonchev–Trinajstić information content (AvgIpc) is 2.93. The molecule has 0 unspecified atom stereocenters. The number of hydrogen-bond acceptors (Lipinski definition) is 8. The molecule has 186 valence electrons. The number of benzene rings is 3. The van der Waals surface area contributed by atoms with Crippen molar-refractivity contribution in [3.05, 3.63) is 83.3 Å². The van der Waals surface area contributed by atoms with Crippen LogP contribution in [-0.4, -0.2) is 48.9 Å². The molecule has 1 N–H and O–H groups in total. The molecule has 3 aromatic rings. The Hall–Kier alpha value is -3.81. The van der Waals surface area contributed by atoms with Crippen molar-refractivity contribution in [1.82, 2.24) is 15.3 Å². The molecule has 0 bridgehead atoms.